The average Bonchev–Trinajstić information content (AvgIpc) is 2.48. The number of ether oxygens (including phenoxy) is 2. The molecule has 3 rings (SSSR count). The number of morpholine rings is 1. The van der Waals surface area contributed by atoms with E-state index in [-0.39, 0.29) is 0 Å². The van der Waals surface area contributed by atoms with Gasteiger partial charge in [-0.25, -0.2) is 0 Å². The van der Waals surface area contributed by atoms with Crippen molar-refractivity contribution in [1.82, 2.24) is 5.32 Å². The van der Waals surface area contributed by atoms with Crippen molar-refractivity contribution in [3.05, 3.63) is 33.3 Å². The summed E-state index contributed by atoms with van der Waals surface area (Å²) in [6.45, 7) is 6.51. The normalized spacial score (nSPS) is 24.8. The van der Waals surface area contributed by atoms with Gasteiger partial charge in [0.15, 0.2) is 0 Å². The highest BCUT2D eigenvalue weighted by molar-refractivity contribution is 9.10. The molecule has 2 saturated heterocycles. The smallest absolute Gasteiger partial charge is 0.0662 e. The minimum Gasteiger partial charge on any atom is -0.381 e. The standard InChI is InChI=1S/C16H22BrNO2/c1-11-8-13(17)9-14(15-10-20-7-4-18-15)16(11)12-2-5-19-6-3-12/h8-9,12,15,18H,2-7,10H2,1H3. The molecular formula is C16H22BrNO2. The first-order chi connectivity index (χ1) is 9.75. The number of aryl methyl sites for hydroxylation is 1. The Labute approximate surface area is 129 Å². The lowest BCUT2D eigenvalue weighted by Crippen LogP contribution is -2.35. The van der Waals surface area contributed by atoms with Gasteiger partial charge < -0.3 is 14.8 Å². The summed E-state index contributed by atoms with van der Waals surface area (Å²) < 4.78 is 12.3. The van der Waals surface area contributed by atoms with Crippen LogP contribution in [0.1, 0.15) is 41.5 Å². The lowest BCUT2D eigenvalue weighted by Gasteiger charge is -2.31. The number of halogens is 1. The van der Waals surface area contributed by atoms with Gasteiger partial charge in [-0.15, -0.1) is 0 Å². The molecule has 1 N–H and O–H groups in total. The molecule has 1 aromatic carbocycles. The molecule has 4 heteroatoms. The maximum atomic E-state index is 5.66. The molecule has 0 radical (unpaired) electrons. The molecule has 20 heavy (non-hydrogen) atoms. The van der Waals surface area contributed by atoms with Gasteiger partial charge in [0, 0.05) is 24.2 Å². The van der Waals surface area contributed by atoms with Gasteiger partial charge in [-0.1, -0.05) is 15.9 Å². The molecule has 2 fully saturated rings. The van der Waals surface area contributed by atoms with E-state index in [1.54, 1.807) is 0 Å². The van der Waals surface area contributed by atoms with Gasteiger partial charge in [0.2, 0.25) is 0 Å². The van der Waals surface area contributed by atoms with Crippen molar-refractivity contribution in [2.45, 2.75) is 31.7 Å². The van der Waals surface area contributed by atoms with Crippen LogP contribution >= 0.6 is 15.9 Å². The number of hydrogen-bond acceptors (Lipinski definition) is 3. The van der Waals surface area contributed by atoms with Gasteiger partial charge in [-0.3, -0.25) is 0 Å². The second-order valence-electron chi connectivity index (χ2n) is 5.69. The highest BCUT2D eigenvalue weighted by atomic mass is 79.9. The van der Waals surface area contributed by atoms with Crippen LogP contribution < -0.4 is 5.32 Å². The predicted octanol–water partition coefficient (Wildman–Crippen LogP) is 3.31. The molecule has 1 unspecified atom stereocenters. The summed E-state index contributed by atoms with van der Waals surface area (Å²) in [6, 6.07) is 4.82. The van der Waals surface area contributed by atoms with E-state index in [4.69, 9.17) is 9.47 Å². The molecule has 110 valence electrons. The fourth-order valence-corrected chi connectivity index (χ4v) is 3.97. The molecular weight excluding hydrogens is 318 g/mol. The summed E-state index contributed by atoms with van der Waals surface area (Å²) in [5, 5.41) is 3.59. The minimum absolute atomic E-state index is 0.317. The molecule has 0 bridgehead atoms. The van der Waals surface area contributed by atoms with E-state index in [2.05, 4.69) is 40.3 Å². The molecule has 2 aliphatic rings. The summed E-state index contributed by atoms with van der Waals surface area (Å²) in [7, 11) is 0. The van der Waals surface area contributed by atoms with Crippen molar-refractivity contribution in [2.75, 3.05) is 33.0 Å². The van der Waals surface area contributed by atoms with Gasteiger partial charge in [0.05, 0.1) is 19.3 Å². The van der Waals surface area contributed by atoms with E-state index in [0.717, 1.165) is 50.3 Å². The zero-order valence-corrected chi connectivity index (χ0v) is 13.5. The fourth-order valence-electron chi connectivity index (χ4n) is 3.38. The van der Waals surface area contributed by atoms with E-state index >= 15 is 0 Å². The molecule has 0 aromatic heterocycles. The lowest BCUT2D eigenvalue weighted by atomic mass is 9.83. The number of nitrogens with one attached hydrogen (secondary N) is 1. The van der Waals surface area contributed by atoms with Crippen molar-refractivity contribution in [3.8, 4) is 0 Å². The van der Waals surface area contributed by atoms with E-state index < -0.39 is 0 Å². The number of hydrogen-bond donors (Lipinski definition) is 1. The summed E-state index contributed by atoms with van der Waals surface area (Å²) in [5.74, 6) is 0.621. The molecule has 0 amide bonds. The third kappa shape index (κ3) is 3.08. The van der Waals surface area contributed by atoms with Crippen molar-refractivity contribution in [2.24, 2.45) is 0 Å². The molecule has 0 saturated carbocycles. The van der Waals surface area contributed by atoms with E-state index in [1.807, 2.05) is 0 Å². The molecule has 0 aliphatic carbocycles. The van der Waals surface area contributed by atoms with Crippen molar-refractivity contribution in [3.63, 3.8) is 0 Å². The van der Waals surface area contributed by atoms with Crippen LogP contribution in [-0.2, 0) is 9.47 Å². The first kappa shape index (κ1) is 14.5. The maximum Gasteiger partial charge on any atom is 0.0662 e. The summed E-state index contributed by atoms with van der Waals surface area (Å²) in [6.07, 6.45) is 2.26. The van der Waals surface area contributed by atoms with Crippen molar-refractivity contribution < 1.29 is 9.47 Å². The van der Waals surface area contributed by atoms with E-state index in [1.165, 1.54) is 16.7 Å². The Hall–Kier alpha value is -0.420. The van der Waals surface area contributed by atoms with Crippen LogP contribution in [0.15, 0.2) is 16.6 Å². The molecule has 1 aromatic rings. The number of rotatable bonds is 2. The molecule has 2 heterocycles. The van der Waals surface area contributed by atoms with Crippen LogP contribution in [-0.4, -0.2) is 33.0 Å². The molecule has 0 spiro atoms. The summed E-state index contributed by atoms with van der Waals surface area (Å²) >= 11 is 3.64. The SMILES string of the molecule is Cc1cc(Br)cc(C2COCCN2)c1C1CCOCC1. The van der Waals surface area contributed by atoms with Crippen LogP contribution in [0.4, 0.5) is 0 Å². The highest BCUT2D eigenvalue weighted by Crippen LogP contribution is 2.37. The average molecular weight is 340 g/mol. The van der Waals surface area contributed by atoms with Gasteiger partial charge >= 0.3 is 0 Å². The Kier molecular flexibility index (Phi) is 4.76. The number of benzene rings is 1. The third-order valence-electron chi connectivity index (χ3n) is 4.31. The maximum absolute atomic E-state index is 5.66. The van der Waals surface area contributed by atoms with Gasteiger partial charge in [0.25, 0.3) is 0 Å². The van der Waals surface area contributed by atoms with E-state index in [0.29, 0.717) is 12.0 Å². The fraction of sp³-hybridized carbons (Fsp3) is 0.625. The quantitative estimate of drug-likeness (QED) is 0.896. The van der Waals surface area contributed by atoms with Crippen molar-refractivity contribution in [1.29, 1.82) is 0 Å². The third-order valence-corrected chi connectivity index (χ3v) is 4.77. The predicted molar refractivity (Wildman–Crippen MR) is 83.2 cm³/mol. The molecule has 3 nitrogen and oxygen atoms in total. The Morgan fingerprint density at radius 1 is 1.15 bits per heavy atom. The van der Waals surface area contributed by atoms with Crippen LogP contribution in [0, 0.1) is 6.92 Å². The Balaban J connectivity index is 1.97. The lowest BCUT2D eigenvalue weighted by molar-refractivity contribution is 0.0738. The Morgan fingerprint density at radius 2 is 1.95 bits per heavy atom. The first-order valence-corrected chi connectivity index (χ1v) is 8.24. The largest absolute Gasteiger partial charge is 0.381 e. The minimum atomic E-state index is 0.317. The van der Waals surface area contributed by atoms with Crippen molar-refractivity contribution >= 4 is 15.9 Å². The monoisotopic (exact) mass is 339 g/mol. The van der Waals surface area contributed by atoms with Gasteiger partial charge in [0.1, 0.15) is 0 Å². The molecule has 2 aliphatic heterocycles. The zero-order chi connectivity index (χ0) is 13.9. The van der Waals surface area contributed by atoms with Crippen LogP contribution in [0.3, 0.4) is 0 Å². The Morgan fingerprint density at radius 3 is 2.65 bits per heavy atom. The zero-order valence-electron chi connectivity index (χ0n) is 12.0. The topological polar surface area (TPSA) is 30.5 Å². The summed E-state index contributed by atoms with van der Waals surface area (Å²) in [4.78, 5) is 0. The van der Waals surface area contributed by atoms with Crippen LogP contribution in [0.2, 0.25) is 0 Å². The highest BCUT2D eigenvalue weighted by Gasteiger charge is 2.26. The van der Waals surface area contributed by atoms with Crippen LogP contribution in [0.5, 0.6) is 0 Å². The second kappa shape index (κ2) is 6.56. The van der Waals surface area contributed by atoms with Gasteiger partial charge in [-0.05, 0) is 54.5 Å². The van der Waals surface area contributed by atoms with Gasteiger partial charge in [-0.2, -0.15) is 0 Å². The summed E-state index contributed by atoms with van der Waals surface area (Å²) in [5.41, 5.74) is 4.30. The first-order valence-electron chi connectivity index (χ1n) is 7.44. The van der Waals surface area contributed by atoms with E-state index in [9.17, 15) is 0 Å². The molecule has 1 atom stereocenters. The second-order valence-corrected chi connectivity index (χ2v) is 6.61. The Bertz CT molecular complexity index is 466. The van der Waals surface area contributed by atoms with Crippen LogP contribution in [0.25, 0.3) is 0 Å².